The Morgan fingerprint density at radius 2 is 1.30 bits per heavy atom. The number of aromatic nitrogens is 2. The van der Waals surface area contributed by atoms with Gasteiger partial charge in [-0.05, 0) is 86.9 Å². The van der Waals surface area contributed by atoms with Gasteiger partial charge in [-0.1, -0.05) is 82.6 Å². The van der Waals surface area contributed by atoms with Crippen LogP contribution in [0.2, 0.25) is 0 Å². The van der Waals surface area contributed by atoms with E-state index in [4.69, 9.17) is 14.3 Å². The molecule has 9 rings (SSSR count). The number of rotatable bonds is 4. The van der Waals surface area contributed by atoms with Crippen LogP contribution in [0.3, 0.4) is 0 Å². The maximum atomic E-state index is 6.08. The molecule has 4 nitrogen and oxygen atoms in total. The largest absolute Gasteiger partial charge is 0.475 e. The molecule has 5 aromatic rings. The van der Waals surface area contributed by atoms with Crippen molar-refractivity contribution in [1.82, 2.24) is 9.97 Å². The number of fused-ring (bicyclic) bond motifs is 2. The molecule has 1 radical (unpaired) electrons. The SMILES string of the molecule is C.CC1(C)OB(c2cc[c-]c(-c3ccccn3)c2)OC1(C)C.Cc1cc(-c2[c-]cc3c(c2)C2(C)CCC3(C)CC2)ncc1-c1ccccc1.[Ir]. The Bertz CT molecular complexity index is 1920. The molecule has 0 atom stereocenters. The van der Waals surface area contributed by atoms with Gasteiger partial charge in [0.1, 0.15) is 0 Å². The van der Waals surface area contributed by atoms with E-state index < -0.39 is 0 Å². The summed E-state index contributed by atoms with van der Waals surface area (Å²) in [6.07, 6.45) is 9.03. The summed E-state index contributed by atoms with van der Waals surface area (Å²) < 4.78 is 12.2. The molecule has 261 valence electrons. The molecule has 0 spiro atoms. The van der Waals surface area contributed by atoms with Crippen molar-refractivity contribution in [2.45, 2.75) is 104 Å². The molecular formula is C44H49BIrN2O2-2. The van der Waals surface area contributed by atoms with E-state index in [1.165, 1.54) is 47.9 Å². The Balaban J connectivity index is 0.000000193. The zero-order valence-electron chi connectivity index (χ0n) is 29.7. The molecule has 0 amide bonds. The first-order chi connectivity index (χ1) is 22.9. The summed E-state index contributed by atoms with van der Waals surface area (Å²) in [6.45, 7) is 15.3. The van der Waals surface area contributed by atoms with Crippen LogP contribution in [0.4, 0.5) is 0 Å². The van der Waals surface area contributed by atoms with Crippen LogP contribution in [-0.4, -0.2) is 28.3 Å². The van der Waals surface area contributed by atoms with Crippen molar-refractivity contribution in [2.24, 2.45) is 0 Å². The molecule has 3 aromatic carbocycles. The number of nitrogens with zero attached hydrogens (tertiary/aromatic N) is 2. The molecule has 50 heavy (non-hydrogen) atoms. The third-order valence-electron chi connectivity index (χ3n) is 11.5. The molecule has 2 aromatic heterocycles. The van der Waals surface area contributed by atoms with Crippen LogP contribution in [0.5, 0.6) is 0 Å². The van der Waals surface area contributed by atoms with Gasteiger partial charge in [0.05, 0.1) is 11.2 Å². The standard InChI is InChI=1S/C26H26N.C17H19BNO2.CH4.Ir/c1-18-15-24(27-17-21(18)19-7-5-4-6-8-19)20-9-10-22-23(16-20)26(3)13-11-25(22,2)12-14-26;1-16(2)17(3,4)21-18(20-16)14-9-7-8-13(12-14)15-10-5-6-11-19-15;;/h4-8,10,15-17H,11-14H2,1-3H3;5-7,9-12H,1-4H3;1H4;/q2*-1;;. The summed E-state index contributed by atoms with van der Waals surface area (Å²) in [5, 5.41) is 0. The molecule has 3 heterocycles. The second kappa shape index (κ2) is 14.3. The summed E-state index contributed by atoms with van der Waals surface area (Å²) in [6, 6.07) is 35.9. The molecule has 4 aliphatic rings. The van der Waals surface area contributed by atoms with Gasteiger partial charge in [0, 0.05) is 38.1 Å². The van der Waals surface area contributed by atoms with Crippen LogP contribution in [0, 0.1) is 19.1 Å². The van der Waals surface area contributed by atoms with Gasteiger partial charge in [-0.15, -0.1) is 70.2 Å². The molecule has 0 unspecified atom stereocenters. The Morgan fingerprint density at radius 1 is 0.680 bits per heavy atom. The molecule has 2 bridgehead atoms. The average molecular weight is 841 g/mol. The summed E-state index contributed by atoms with van der Waals surface area (Å²) in [4.78, 5) is 9.17. The van der Waals surface area contributed by atoms with E-state index in [2.05, 4.69) is 114 Å². The van der Waals surface area contributed by atoms with Crippen LogP contribution >= 0.6 is 0 Å². The van der Waals surface area contributed by atoms with Crippen LogP contribution in [0.15, 0.2) is 97.3 Å². The maximum absolute atomic E-state index is 6.08. The van der Waals surface area contributed by atoms with Gasteiger partial charge in [-0.2, -0.15) is 0 Å². The number of aryl methyl sites for hydroxylation is 1. The normalized spacial score (nSPS) is 22.3. The molecule has 1 saturated carbocycles. The first-order valence-corrected chi connectivity index (χ1v) is 17.3. The fraction of sp³-hybridized carbons (Fsp3) is 0.364. The maximum Gasteiger partial charge on any atom is 0.475 e. The molecule has 1 aliphatic heterocycles. The number of hydrogen-bond donors (Lipinski definition) is 0. The van der Waals surface area contributed by atoms with Crippen LogP contribution in [0.1, 0.15) is 91.3 Å². The Hall–Kier alpha value is -3.41. The minimum atomic E-state index is -0.355. The summed E-state index contributed by atoms with van der Waals surface area (Å²) in [5.41, 5.74) is 11.8. The predicted octanol–water partition coefficient (Wildman–Crippen LogP) is 10.1. The van der Waals surface area contributed by atoms with E-state index >= 15 is 0 Å². The fourth-order valence-electron chi connectivity index (χ4n) is 7.43. The van der Waals surface area contributed by atoms with E-state index in [9.17, 15) is 0 Å². The fourth-order valence-corrected chi connectivity index (χ4v) is 7.43. The monoisotopic (exact) mass is 841 g/mol. The quantitative estimate of drug-likeness (QED) is 0.134. The van der Waals surface area contributed by atoms with Gasteiger partial charge >= 0.3 is 7.12 Å². The molecular weight excluding hydrogens is 792 g/mol. The van der Waals surface area contributed by atoms with Gasteiger partial charge in [0.2, 0.25) is 0 Å². The third kappa shape index (κ3) is 7.06. The predicted molar refractivity (Wildman–Crippen MR) is 203 cm³/mol. The first kappa shape index (κ1) is 37.8. The van der Waals surface area contributed by atoms with Gasteiger partial charge in [0.25, 0.3) is 0 Å². The van der Waals surface area contributed by atoms with E-state index in [1.54, 1.807) is 11.8 Å². The Labute approximate surface area is 314 Å². The Morgan fingerprint density at radius 3 is 1.92 bits per heavy atom. The number of pyridine rings is 2. The molecule has 2 fully saturated rings. The molecule has 1 saturated heterocycles. The van der Waals surface area contributed by atoms with Gasteiger partial charge in [-0.25, -0.2) is 0 Å². The number of benzene rings is 3. The summed E-state index contributed by atoms with van der Waals surface area (Å²) >= 11 is 0. The van der Waals surface area contributed by atoms with Crippen molar-refractivity contribution < 1.29 is 29.4 Å². The Kier molecular flexibility index (Phi) is 10.8. The minimum absolute atomic E-state index is 0. The van der Waals surface area contributed by atoms with Gasteiger partial charge in [0.15, 0.2) is 0 Å². The third-order valence-corrected chi connectivity index (χ3v) is 11.5. The second-order valence-electron chi connectivity index (χ2n) is 15.4. The topological polar surface area (TPSA) is 44.2 Å². The van der Waals surface area contributed by atoms with Crippen molar-refractivity contribution in [3.05, 3.63) is 126 Å². The molecule has 3 aliphatic carbocycles. The van der Waals surface area contributed by atoms with E-state index in [0.717, 1.165) is 28.0 Å². The average Bonchev–Trinajstić information content (AvgIpc) is 3.32. The smallest absolute Gasteiger partial charge is 0.400 e. The van der Waals surface area contributed by atoms with Crippen LogP contribution in [0.25, 0.3) is 33.6 Å². The van der Waals surface area contributed by atoms with Crippen molar-refractivity contribution in [1.29, 1.82) is 0 Å². The summed E-state index contributed by atoms with van der Waals surface area (Å²) in [5.74, 6) is 0. The van der Waals surface area contributed by atoms with E-state index in [0.29, 0.717) is 10.8 Å². The van der Waals surface area contributed by atoms with Crippen molar-refractivity contribution in [2.75, 3.05) is 0 Å². The van der Waals surface area contributed by atoms with Gasteiger partial charge in [-0.3, -0.25) is 0 Å². The van der Waals surface area contributed by atoms with E-state index in [1.807, 2.05) is 42.6 Å². The second-order valence-corrected chi connectivity index (χ2v) is 15.4. The zero-order valence-corrected chi connectivity index (χ0v) is 32.1. The van der Waals surface area contributed by atoms with Gasteiger partial charge < -0.3 is 19.3 Å². The summed E-state index contributed by atoms with van der Waals surface area (Å²) in [7, 11) is -0.355. The molecule has 0 N–H and O–H groups in total. The van der Waals surface area contributed by atoms with Crippen molar-refractivity contribution in [3.63, 3.8) is 0 Å². The minimum Gasteiger partial charge on any atom is -0.400 e. The molecule has 6 heteroatoms. The van der Waals surface area contributed by atoms with Crippen molar-refractivity contribution >= 4 is 12.6 Å². The first-order valence-electron chi connectivity index (χ1n) is 17.3. The van der Waals surface area contributed by atoms with Crippen LogP contribution < -0.4 is 5.46 Å². The van der Waals surface area contributed by atoms with Crippen molar-refractivity contribution in [3.8, 4) is 33.6 Å². The van der Waals surface area contributed by atoms with E-state index in [-0.39, 0.29) is 45.9 Å². The van der Waals surface area contributed by atoms with Crippen LogP contribution in [-0.2, 0) is 40.2 Å². The number of hydrogen-bond acceptors (Lipinski definition) is 4. The zero-order chi connectivity index (χ0) is 33.7.